The largest absolute Gasteiger partial charge is 0.350 e. The van der Waals surface area contributed by atoms with E-state index in [1.54, 1.807) is 30.3 Å². The van der Waals surface area contributed by atoms with Crippen LogP contribution in [0.3, 0.4) is 0 Å². The molecule has 0 aromatic heterocycles. The van der Waals surface area contributed by atoms with Gasteiger partial charge in [-0.1, -0.05) is 29.8 Å². The Morgan fingerprint density at radius 3 is 2.63 bits per heavy atom. The van der Waals surface area contributed by atoms with Crippen LogP contribution in [0.4, 0.5) is 9.18 Å². The van der Waals surface area contributed by atoms with Crippen molar-refractivity contribution in [2.75, 3.05) is 13.1 Å². The number of thioether (sulfide) groups is 1. The Labute approximate surface area is 164 Å². The molecule has 2 aromatic rings. The van der Waals surface area contributed by atoms with Crippen LogP contribution >= 0.6 is 23.4 Å². The van der Waals surface area contributed by atoms with Gasteiger partial charge in [0.05, 0.1) is 4.91 Å². The summed E-state index contributed by atoms with van der Waals surface area (Å²) >= 11 is 6.67. The van der Waals surface area contributed by atoms with E-state index in [0.717, 1.165) is 28.3 Å². The van der Waals surface area contributed by atoms with Crippen molar-refractivity contribution in [3.8, 4) is 0 Å². The Balaban J connectivity index is 1.59. The average molecular weight is 405 g/mol. The lowest BCUT2D eigenvalue weighted by molar-refractivity contribution is -0.122. The summed E-state index contributed by atoms with van der Waals surface area (Å²) < 4.78 is 13.1. The van der Waals surface area contributed by atoms with Gasteiger partial charge in [0.2, 0.25) is 0 Å². The Kier molecular flexibility index (Phi) is 5.93. The van der Waals surface area contributed by atoms with Crippen LogP contribution in [0.2, 0.25) is 5.02 Å². The first-order valence-electron chi connectivity index (χ1n) is 7.99. The van der Waals surface area contributed by atoms with E-state index < -0.39 is 22.9 Å². The minimum atomic E-state index is -0.513. The molecule has 0 unspecified atom stereocenters. The number of nitrogens with one attached hydrogen (secondary N) is 1. The maximum absolute atomic E-state index is 13.1. The highest BCUT2D eigenvalue weighted by atomic mass is 35.5. The number of halogens is 2. The normalized spacial score (nSPS) is 15.5. The molecule has 8 heteroatoms. The standard InChI is InChI=1S/C19H14ClFN2O3S/c20-14-6-4-12(5-7-14)10-16-18(25)23(19(26)27-16)9-8-22-17(24)13-2-1-3-15(21)11-13/h1-7,10-11H,8-9H2,(H,22,24). The third-order valence-corrected chi connectivity index (χ3v) is 4.91. The number of hydrogen-bond acceptors (Lipinski definition) is 4. The first-order valence-corrected chi connectivity index (χ1v) is 9.18. The van der Waals surface area contributed by atoms with Crippen LogP contribution in [0.15, 0.2) is 53.4 Å². The monoisotopic (exact) mass is 404 g/mol. The second kappa shape index (κ2) is 8.37. The van der Waals surface area contributed by atoms with Crippen LogP contribution < -0.4 is 5.32 Å². The van der Waals surface area contributed by atoms with Crippen molar-refractivity contribution >= 4 is 46.5 Å². The number of carbonyl (C=O) groups excluding carboxylic acids is 3. The highest BCUT2D eigenvalue weighted by molar-refractivity contribution is 8.18. The molecule has 0 atom stereocenters. The van der Waals surface area contributed by atoms with E-state index in [2.05, 4.69) is 5.32 Å². The number of benzene rings is 2. The van der Waals surface area contributed by atoms with Gasteiger partial charge in [0.15, 0.2) is 0 Å². The predicted octanol–water partition coefficient (Wildman–Crippen LogP) is 3.95. The topological polar surface area (TPSA) is 66.5 Å². The third-order valence-electron chi connectivity index (χ3n) is 3.75. The van der Waals surface area contributed by atoms with Gasteiger partial charge in [0, 0.05) is 23.7 Å². The number of hydrogen-bond donors (Lipinski definition) is 1. The van der Waals surface area contributed by atoms with Crippen molar-refractivity contribution in [1.82, 2.24) is 10.2 Å². The highest BCUT2D eigenvalue weighted by Gasteiger charge is 2.34. The summed E-state index contributed by atoms with van der Waals surface area (Å²) in [5.74, 6) is -1.40. The molecule has 0 spiro atoms. The Bertz CT molecular complexity index is 931. The van der Waals surface area contributed by atoms with Crippen LogP contribution in [0.1, 0.15) is 15.9 Å². The first kappa shape index (κ1) is 19.1. The third kappa shape index (κ3) is 4.75. The molecule has 1 saturated heterocycles. The molecule has 5 nitrogen and oxygen atoms in total. The Morgan fingerprint density at radius 1 is 1.19 bits per heavy atom. The van der Waals surface area contributed by atoms with E-state index in [-0.39, 0.29) is 18.7 Å². The van der Waals surface area contributed by atoms with Gasteiger partial charge in [-0.3, -0.25) is 19.3 Å². The van der Waals surface area contributed by atoms with E-state index in [1.165, 1.54) is 18.2 Å². The molecule has 3 amide bonds. The van der Waals surface area contributed by atoms with E-state index >= 15 is 0 Å². The molecule has 0 saturated carbocycles. The Morgan fingerprint density at radius 2 is 1.93 bits per heavy atom. The molecule has 27 heavy (non-hydrogen) atoms. The molecule has 1 aliphatic rings. The Hall–Kier alpha value is -2.64. The zero-order chi connectivity index (χ0) is 19.4. The van der Waals surface area contributed by atoms with Crippen LogP contribution in [0, 0.1) is 5.82 Å². The minimum Gasteiger partial charge on any atom is -0.350 e. The van der Waals surface area contributed by atoms with Gasteiger partial charge in [0.1, 0.15) is 5.82 Å². The lowest BCUT2D eigenvalue weighted by Crippen LogP contribution is -2.37. The molecule has 1 N–H and O–H groups in total. The van der Waals surface area contributed by atoms with Gasteiger partial charge in [-0.05, 0) is 53.7 Å². The van der Waals surface area contributed by atoms with E-state index in [0.29, 0.717) is 9.93 Å². The first-order chi connectivity index (χ1) is 12.9. The molecule has 1 aliphatic heterocycles. The number of rotatable bonds is 5. The fraction of sp³-hybridized carbons (Fsp3) is 0.105. The lowest BCUT2D eigenvalue weighted by Gasteiger charge is -2.13. The maximum Gasteiger partial charge on any atom is 0.293 e. The van der Waals surface area contributed by atoms with Crippen LogP contribution in [0.5, 0.6) is 0 Å². The van der Waals surface area contributed by atoms with Gasteiger partial charge in [-0.2, -0.15) is 0 Å². The van der Waals surface area contributed by atoms with Gasteiger partial charge >= 0.3 is 0 Å². The molecule has 0 radical (unpaired) electrons. The number of nitrogens with zero attached hydrogens (tertiary/aromatic N) is 1. The zero-order valence-electron chi connectivity index (χ0n) is 13.9. The summed E-state index contributed by atoms with van der Waals surface area (Å²) in [4.78, 5) is 37.8. The molecular weight excluding hydrogens is 391 g/mol. The molecule has 0 aliphatic carbocycles. The van der Waals surface area contributed by atoms with Gasteiger partial charge in [-0.25, -0.2) is 4.39 Å². The van der Waals surface area contributed by atoms with Crippen molar-refractivity contribution in [2.45, 2.75) is 0 Å². The van der Waals surface area contributed by atoms with Crippen LogP contribution in [0.25, 0.3) is 6.08 Å². The molecule has 2 aromatic carbocycles. The summed E-state index contributed by atoms with van der Waals surface area (Å²) in [6, 6.07) is 12.1. The molecule has 1 heterocycles. The van der Waals surface area contributed by atoms with Gasteiger partial charge in [0.25, 0.3) is 17.1 Å². The number of carbonyl (C=O) groups is 3. The molecule has 138 valence electrons. The molecule has 0 bridgehead atoms. The molecule has 1 fully saturated rings. The van der Waals surface area contributed by atoms with E-state index in [9.17, 15) is 18.8 Å². The zero-order valence-corrected chi connectivity index (χ0v) is 15.5. The smallest absolute Gasteiger partial charge is 0.293 e. The summed E-state index contributed by atoms with van der Waals surface area (Å²) in [5.41, 5.74) is 0.927. The lowest BCUT2D eigenvalue weighted by atomic mass is 10.2. The summed E-state index contributed by atoms with van der Waals surface area (Å²) in [6.45, 7) is 0.102. The van der Waals surface area contributed by atoms with Crippen molar-refractivity contribution in [3.63, 3.8) is 0 Å². The number of amides is 3. The highest BCUT2D eigenvalue weighted by Crippen LogP contribution is 2.32. The summed E-state index contributed by atoms with van der Waals surface area (Å²) in [5, 5.41) is 2.75. The van der Waals surface area contributed by atoms with Crippen LogP contribution in [-0.2, 0) is 4.79 Å². The number of imide groups is 1. The minimum absolute atomic E-state index is 0.0314. The second-order valence-electron chi connectivity index (χ2n) is 5.65. The fourth-order valence-electron chi connectivity index (χ4n) is 2.42. The van der Waals surface area contributed by atoms with Crippen molar-refractivity contribution in [3.05, 3.63) is 75.4 Å². The quantitative estimate of drug-likeness (QED) is 0.766. The van der Waals surface area contributed by atoms with Crippen molar-refractivity contribution in [1.29, 1.82) is 0 Å². The summed E-state index contributed by atoms with van der Waals surface area (Å²) in [7, 11) is 0. The fourth-order valence-corrected chi connectivity index (χ4v) is 3.41. The maximum atomic E-state index is 13.1. The molecule has 3 rings (SSSR count). The van der Waals surface area contributed by atoms with Crippen LogP contribution in [-0.4, -0.2) is 35.0 Å². The average Bonchev–Trinajstić information content (AvgIpc) is 2.91. The molecular formula is C19H14ClFN2O3S. The predicted molar refractivity (Wildman–Crippen MR) is 103 cm³/mol. The summed E-state index contributed by atoms with van der Waals surface area (Å²) in [6.07, 6.45) is 1.62. The van der Waals surface area contributed by atoms with Crippen molar-refractivity contribution in [2.24, 2.45) is 0 Å². The SMILES string of the molecule is O=C(NCCN1C(=O)SC(=Cc2ccc(Cl)cc2)C1=O)c1cccc(F)c1. The second-order valence-corrected chi connectivity index (χ2v) is 7.08. The van der Waals surface area contributed by atoms with E-state index in [4.69, 9.17) is 11.6 Å². The van der Waals surface area contributed by atoms with E-state index in [1.807, 2.05) is 0 Å². The van der Waals surface area contributed by atoms with Gasteiger partial charge in [-0.15, -0.1) is 0 Å². The van der Waals surface area contributed by atoms with Gasteiger partial charge < -0.3 is 5.32 Å². The van der Waals surface area contributed by atoms with Crippen molar-refractivity contribution < 1.29 is 18.8 Å².